The molecule has 0 saturated heterocycles. The van der Waals surface area contributed by atoms with Crippen LogP contribution in [0.15, 0.2) is 42.7 Å². The summed E-state index contributed by atoms with van der Waals surface area (Å²) in [6, 6.07) is 9.08. The van der Waals surface area contributed by atoms with Crippen molar-refractivity contribution in [1.29, 1.82) is 0 Å². The number of aromatic nitrogens is 2. The lowest BCUT2D eigenvalue weighted by molar-refractivity contribution is 0.0885. The normalized spacial score (nSPS) is 12.9. The van der Waals surface area contributed by atoms with E-state index in [4.69, 9.17) is 0 Å². The second-order valence-electron chi connectivity index (χ2n) is 6.41. The Morgan fingerprint density at radius 2 is 2.14 bits per heavy atom. The first kappa shape index (κ1) is 16.2. The highest BCUT2D eigenvalue weighted by Gasteiger charge is 2.26. The van der Waals surface area contributed by atoms with Gasteiger partial charge in [0.05, 0.1) is 5.69 Å². The van der Waals surface area contributed by atoms with Gasteiger partial charge in [0.15, 0.2) is 0 Å². The first-order chi connectivity index (χ1) is 10.4. The molecule has 0 aliphatic heterocycles. The number of carbonyl (C=O) groups is 1. The molecule has 0 radical (unpaired) electrons. The number of hydrogen-bond acceptors (Lipinski definition) is 3. The minimum atomic E-state index is -0.137. The number of amides is 1. The third kappa shape index (κ3) is 3.95. The minimum Gasteiger partial charge on any atom is -0.396 e. The fraction of sp³-hybridized carbons (Fsp3) is 0.412. The highest BCUT2D eigenvalue weighted by atomic mass is 16.3. The van der Waals surface area contributed by atoms with E-state index in [-0.39, 0.29) is 24.0 Å². The van der Waals surface area contributed by atoms with Crippen LogP contribution in [0, 0.1) is 5.41 Å². The van der Waals surface area contributed by atoms with Gasteiger partial charge in [-0.15, -0.1) is 0 Å². The lowest BCUT2D eigenvalue weighted by Gasteiger charge is -2.31. The summed E-state index contributed by atoms with van der Waals surface area (Å²) in [5.74, 6) is -0.137. The molecule has 5 nitrogen and oxygen atoms in total. The maximum Gasteiger partial charge on any atom is 0.251 e. The van der Waals surface area contributed by atoms with Crippen LogP contribution in [0.1, 0.15) is 37.6 Å². The summed E-state index contributed by atoms with van der Waals surface area (Å²) >= 11 is 0. The smallest absolute Gasteiger partial charge is 0.251 e. The van der Waals surface area contributed by atoms with E-state index >= 15 is 0 Å². The molecule has 1 aromatic heterocycles. The van der Waals surface area contributed by atoms with Crippen LogP contribution in [-0.2, 0) is 0 Å². The molecule has 1 atom stereocenters. The first-order valence-corrected chi connectivity index (χ1v) is 7.43. The van der Waals surface area contributed by atoms with Crippen molar-refractivity contribution < 1.29 is 9.90 Å². The number of nitrogens with zero attached hydrogens (tertiary/aromatic N) is 2. The molecule has 0 spiro atoms. The molecule has 2 rings (SSSR count). The summed E-state index contributed by atoms with van der Waals surface area (Å²) < 4.78 is 1.71. The van der Waals surface area contributed by atoms with Gasteiger partial charge in [-0.1, -0.05) is 26.8 Å². The summed E-state index contributed by atoms with van der Waals surface area (Å²) in [6.07, 6.45) is 4.07. The van der Waals surface area contributed by atoms with Gasteiger partial charge in [0.25, 0.3) is 5.91 Å². The van der Waals surface area contributed by atoms with Gasteiger partial charge in [-0.05, 0) is 36.1 Å². The lowest BCUT2D eigenvalue weighted by atomic mass is 9.84. The maximum atomic E-state index is 12.5. The number of carbonyl (C=O) groups excluding carboxylic acids is 1. The van der Waals surface area contributed by atoms with Gasteiger partial charge < -0.3 is 10.4 Å². The molecule has 2 aromatic rings. The molecule has 0 bridgehead atoms. The fourth-order valence-electron chi connectivity index (χ4n) is 2.30. The third-order valence-electron chi connectivity index (χ3n) is 3.65. The molecule has 0 aliphatic rings. The third-order valence-corrected chi connectivity index (χ3v) is 3.65. The van der Waals surface area contributed by atoms with Crippen LogP contribution >= 0.6 is 0 Å². The van der Waals surface area contributed by atoms with Crippen molar-refractivity contribution in [2.45, 2.75) is 33.2 Å². The fourth-order valence-corrected chi connectivity index (χ4v) is 2.30. The molecule has 0 saturated carbocycles. The zero-order valence-electron chi connectivity index (χ0n) is 13.3. The monoisotopic (exact) mass is 301 g/mol. The molecule has 1 unspecified atom stereocenters. The van der Waals surface area contributed by atoms with Crippen LogP contribution in [-0.4, -0.2) is 33.4 Å². The Morgan fingerprint density at radius 1 is 1.36 bits per heavy atom. The van der Waals surface area contributed by atoms with E-state index < -0.39 is 0 Å². The standard InChI is InChI=1S/C17H23N3O2/c1-17(2,3)15(8-11-21)19-16(22)13-6-4-7-14(12-13)20-10-5-9-18-20/h4-7,9-10,12,15,21H,8,11H2,1-3H3,(H,19,22). The van der Waals surface area contributed by atoms with Gasteiger partial charge in [-0.3, -0.25) is 4.79 Å². The Balaban J connectivity index is 2.17. The van der Waals surface area contributed by atoms with Gasteiger partial charge in [0.2, 0.25) is 0 Å². The van der Waals surface area contributed by atoms with Crippen molar-refractivity contribution in [2.24, 2.45) is 5.41 Å². The van der Waals surface area contributed by atoms with Gasteiger partial charge in [-0.25, -0.2) is 4.68 Å². The number of aliphatic hydroxyl groups is 1. The second-order valence-corrected chi connectivity index (χ2v) is 6.41. The Bertz CT molecular complexity index is 615. The zero-order chi connectivity index (χ0) is 16.2. The largest absolute Gasteiger partial charge is 0.396 e. The molecule has 1 heterocycles. The molecule has 2 N–H and O–H groups in total. The molecule has 0 fully saturated rings. The maximum absolute atomic E-state index is 12.5. The Kier molecular flexibility index (Phi) is 4.98. The highest BCUT2D eigenvalue weighted by Crippen LogP contribution is 2.22. The van der Waals surface area contributed by atoms with Crippen molar-refractivity contribution in [1.82, 2.24) is 15.1 Å². The Hall–Kier alpha value is -2.14. The van der Waals surface area contributed by atoms with E-state index in [2.05, 4.69) is 10.4 Å². The summed E-state index contributed by atoms with van der Waals surface area (Å²) in [4.78, 5) is 12.5. The van der Waals surface area contributed by atoms with Crippen LogP contribution in [0.25, 0.3) is 5.69 Å². The molecule has 5 heteroatoms. The van der Waals surface area contributed by atoms with Gasteiger partial charge >= 0.3 is 0 Å². The quantitative estimate of drug-likeness (QED) is 0.891. The molecule has 1 amide bonds. The number of rotatable bonds is 5. The zero-order valence-corrected chi connectivity index (χ0v) is 13.3. The molecule has 0 aliphatic carbocycles. The Labute approximate surface area is 131 Å². The predicted octanol–water partition coefficient (Wildman–Crippen LogP) is 2.40. The summed E-state index contributed by atoms with van der Waals surface area (Å²) in [6.45, 7) is 6.20. The van der Waals surface area contributed by atoms with E-state index in [1.54, 1.807) is 23.0 Å². The topological polar surface area (TPSA) is 67.2 Å². The molecule has 22 heavy (non-hydrogen) atoms. The summed E-state index contributed by atoms with van der Waals surface area (Å²) in [5, 5.41) is 16.4. The van der Waals surface area contributed by atoms with Crippen LogP contribution in [0.5, 0.6) is 0 Å². The first-order valence-electron chi connectivity index (χ1n) is 7.43. The van der Waals surface area contributed by atoms with Crippen LogP contribution < -0.4 is 5.32 Å². The SMILES string of the molecule is CC(C)(C)C(CCO)NC(=O)c1cccc(-n2cccn2)c1. The van der Waals surface area contributed by atoms with Crippen molar-refractivity contribution >= 4 is 5.91 Å². The highest BCUT2D eigenvalue weighted by molar-refractivity contribution is 5.95. The average Bonchev–Trinajstić information content (AvgIpc) is 3.00. The summed E-state index contributed by atoms with van der Waals surface area (Å²) in [5.41, 5.74) is 1.31. The van der Waals surface area contributed by atoms with Gasteiger partial charge in [0, 0.05) is 30.6 Å². The number of benzene rings is 1. The Morgan fingerprint density at radius 3 is 2.73 bits per heavy atom. The number of aliphatic hydroxyl groups excluding tert-OH is 1. The second kappa shape index (κ2) is 6.75. The van der Waals surface area contributed by atoms with E-state index in [0.29, 0.717) is 12.0 Å². The van der Waals surface area contributed by atoms with E-state index in [1.807, 2.05) is 45.2 Å². The van der Waals surface area contributed by atoms with E-state index in [0.717, 1.165) is 5.69 Å². The molecule has 1 aromatic carbocycles. The van der Waals surface area contributed by atoms with E-state index in [9.17, 15) is 9.90 Å². The van der Waals surface area contributed by atoms with Gasteiger partial charge in [-0.2, -0.15) is 5.10 Å². The van der Waals surface area contributed by atoms with Crippen LogP contribution in [0.3, 0.4) is 0 Å². The van der Waals surface area contributed by atoms with Crippen molar-refractivity contribution in [3.8, 4) is 5.69 Å². The molecular formula is C17H23N3O2. The lowest BCUT2D eigenvalue weighted by Crippen LogP contribution is -2.44. The van der Waals surface area contributed by atoms with Gasteiger partial charge in [0.1, 0.15) is 0 Å². The number of hydrogen-bond donors (Lipinski definition) is 2. The van der Waals surface area contributed by atoms with Crippen molar-refractivity contribution in [2.75, 3.05) is 6.61 Å². The summed E-state index contributed by atoms with van der Waals surface area (Å²) in [7, 11) is 0. The van der Waals surface area contributed by atoms with E-state index in [1.165, 1.54) is 0 Å². The number of nitrogens with one attached hydrogen (secondary N) is 1. The van der Waals surface area contributed by atoms with Crippen molar-refractivity contribution in [3.63, 3.8) is 0 Å². The van der Waals surface area contributed by atoms with Crippen LogP contribution in [0.2, 0.25) is 0 Å². The average molecular weight is 301 g/mol. The predicted molar refractivity (Wildman–Crippen MR) is 86.0 cm³/mol. The molecular weight excluding hydrogens is 278 g/mol. The minimum absolute atomic E-state index is 0.0511. The van der Waals surface area contributed by atoms with Crippen molar-refractivity contribution in [3.05, 3.63) is 48.3 Å². The molecule has 118 valence electrons. The van der Waals surface area contributed by atoms with Crippen LogP contribution in [0.4, 0.5) is 0 Å².